The van der Waals surface area contributed by atoms with Crippen LogP contribution in [-0.2, 0) is 6.54 Å². The van der Waals surface area contributed by atoms with Crippen molar-refractivity contribution in [2.75, 3.05) is 13.7 Å². The highest BCUT2D eigenvalue weighted by molar-refractivity contribution is 5.40. The van der Waals surface area contributed by atoms with Gasteiger partial charge in [0.25, 0.3) is 0 Å². The van der Waals surface area contributed by atoms with Crippen LogP contribution in [0.3, 0.4) is 0 Å². The lowest BCUT2D eigenvalue weighted by atomic mass is 9.91. The Balaban J connectivity index is 2.10. The monoisotopic (exact) mass is 433 g/mol. The third-order valence-corrected chi connectivity index (χ3v) is 6.62. The highest BCUT2D eigenvalue weighted by Gasteiger charge is 2.09. The van der Waals surface area contributed by atoms with E-state index >= 15 is 0 Å². The molecule has 31 heavy (non-hydrogen) atoms. The zero-order valence-electron chi connectivity index (χ0n) is 21.4. The first kappa shape index (κ1) is 27.8. The molecule has 0 bridgehead atoms. The van der Waals surface area contributed by atoms with Crippen molar-refractivity contribution in [3.8, 4) is 11.5 Å². The minimum atomic E-state index is 0.482. The van der Waals surface area contributed by atoms with E-state index in [0.717, 1.165) is 47.8 Å². The van der Waals surface area contributed by atoms with Crippen LogP contribution in [0.4, 0.5) is 0 Å². The molecule has 0 aliphatic heterocycles. The molecule has 0 heterocycles. The Labute approximate surface area is 193 Å². The maximum atomic E-state index is 5.94. The van der Waals surface area contributed by atoms with Crippen LogP contribution >= 0.6 is 0 Å². The van der Waals surface area contributed by atoms with Gasteiger partial charge in [-0.05, 0) is 36.2 Å². The molecule has 0 spiro atoms. The number of ether oxygens (including phenoxy) is 2. The van der Waals surface area contributed by atoms with E-state index in [1.54, 1.807) is 7.11 Å². The number of hydrogen-bond acceptors (Lipinski definition) is 3. The smallest absolute Gasteiger partial charge is 0.127 e. The lowest BCUT2D eigenvalue weighted by Gasteiger charge is -2.16. The summed E-state index contributed by atoms with van der Waals surface area (Å²) in [4.78, 5) is 0. The summed E-state index contributed by atoms with van der Waals surface area (Å²) in [6, 6.07) is 5.92. The van der Waals surface area contributed by atoms with Crippen molar-refractivity contribution in [3.63, 3.8) is 0 Å². The van der Waals surface area contributed by atoms with Gasteiger partial charge in [-0.2, -0.15) is 0 Å². The Kier molecular flexibility index (Phi) is 14.7. The summed E-state index contributed by atoms with van der Waals surface area (Å²) in [5.74, 6) is 5.00. The fourth-order valence-corrected chi connectivity index (χ4v) is 4.30. The Bertz CT molecular complexity index is 572. The largest absolute Gasteiger partial charge is 0.496 e. The number of methoxy groups -OCH3 is 1. The minimum Gasteiger partial charge on any atom is -0.496 e. The van der Waals surface area contributed by atoms with E-state index < -0.39 is 0 Å². The average Bonchev–Trinajstić information content (AvgIpc) is 2.73. The van der Waals surface area contributed by atoms with Crippen molar-refractivity contribution < 1.29 is 9.47 Å². The molecule has 3 atom stereocenters. The molecule has 1 rings (SSSR count). The van der Waals surface area contributed by atoms with Crippen LogP contribution in [0.5, 0.6) is 11.5 Å². The molecule has 1 aromatic carbocycles. The summed E-state index contributed by atoms with van der Waals surface area (Å²) in [6.45, 7) is 13.1. The predicted molar refractivity (Wildman–Crippen MR) is 135 cm³/mol. The quantitative estimate of drug-likeness (QED) is 0.255. The number of benzene rings is 1. The predicted octanol–water partition coefficient (Wildman–Crippen LogP) is 8.00. The van der Waals surface area contributed by atoms with Crippen LogP contribution in [0.2, 0.25) is 0 Å². The molecule has 0 aliphatic rings. The summed E-state index contributed by atoms with van der Waals surface area (Å²) in [7, 11) is 1.68. The maximum absolute atomic E-state index is 5.94. The van der Waals surface area contributed by atoms with Crippen molar-refractivity contribution in [3.05, 3.63) is 23.8 Å². The molecule has 1 aromatic rings. The van der Waals surface area contributed by atoms with Gasteiger partial charge in [0.2, 0.25) is 0 Å². The molecule has 0 radical (unpaired) electrons. The molecule has 1 unspecified atom stereocenters. The van der Waals surface area contributed by atoms with E-state index in [2.05, 4.69) is 34.6 Å². The minimum absolute atomic E-state index is 0.482. The van der Waals surface area contributed by atoms with E-state index in [1.807, 2.05) is 18.2 Å². The van der Waals surface area contributed by atoms with Gasteiger partial charge >= 0.3 is 0 Å². The molecule has 0 saturated carbocycles. The summed E-state index contributed by atoms with van der Waals surface area (Å²) >= 11 is 0. The van der Waals surface area contributed by atoms with E-state index in [9.17, 15) is 0 Å². The topological polar surface area (TPSA) is 44.5 Å². The molecule has 0 aromatic heterocycles. The molecular weight excluding hydrogens is 382 g/mol. The summed E-state index contributed by atoms with van der Waals surface area (Å²) < 4.78 is 11.3. The van der Waals surface area contributed by atoms with Crippen molar-refractivity contribution in [1.29, 1.82) is 0 Å². The van der Waals surface area contributed by atoms with Gasteiger partial charge in [-0.1, -0.05) is 98.5 Å². The van der Waals surface area contributed by atoms with Crippen LogP contribution in [0, 0.1) is 23.7 Å². The van der Waals surface area contributed by atoms with E-state index in [4.69, 9.17) is 15.2 Å². The lowest BCUT2D eigenvalue weighted by molar-refractivity contribution is 0.273. The van der Waals surface area contributed by atoms with Crippen LogP contribution in [0.25, 0.3) is 0 Å². The summed E-state index contributed by atoms with van der Waals surface area (Å²) in [6.07, 6.45) is 13.5. The summed E-state index contributed by atoms with van der Waals surface area (Å²) in [5, 5.41) is 0. The Morgan fingerprint density at radius 2 is 1.26 bits per heavy atom. The third-order valence-electron chi connectivity index (χ3n) is 6.62. The van der Waals surface area contributed by atoms with Gasteiger partial charge in [-0.25, -0.2) is 0 Å². The third kappa shape index (κ3) is 13.0. The normalized spacial score (nSPS) is 14.5. The SMILES string of the molecule is COc1cc(OCCC(C)CCC[C@H](C)CCC[C@H](C)CCCC(C)C)ccc1CN. The molecule has 3 heteroatoms. The van der Waals surface area contributed by atoms with Crippen molar-refractivity contribution >= 4 is 0 Å². The van der Waals surface area contributed by atoms with Crippen LogP contribution < -0.4 is 15.2 Å². The second-order valence-electron chi connectivity index (χ2n) is 10.3. The van der Waals surface area contributed by atoms with Gasteiger partial charge in [0.1, 0.15) is 11.5 Å². The summed E-state index contributed by atoms with van der Waals surface area (Å²) in [5.41, 5.74) is 6.74. The van der Waals surface area contributed by atoms with Crippen molar-refractivity contribution in [2.45, 2.75) is 105 Å². The Hall–Kier alpha value is -1.22. The molecule has 2 N–H and O–H groups in total. The van der Waals surface area contributed by atoms with Gasteiger partial charge in [-0.3, -0.25) is 0 Å². The maximum Gasteiger partial charge on any atom is 0.127 e. The second-order valence-corrected chi connectivity index (χ2v) is 10.3. The fourth-order valence-electron chi connectivity index (χ4n) is 4.30. The van der Waals surface area contributed by atoms with Crippen molar-refractivity contribution in [1.82, 2.24) is 0 Å². The Morgan fingerprint density at radius 3 is 1.74 bits per heavy atom. The lowest BCUT2D eigenvalue weighted by Crippen LogP contribution is -2.06. The molecule has 180 valence electrons. The van der Waals surface area contributed by atoms with Crippen LogP contribution in [0.15, 0.2) is 18.2 Å². The van der Waals surface area contributed by atoms with E-state index in [1.165, 1.54) is 57.8 Å². The molecular formula is C28H51NO2. The van der Waals surface area contributed by atoms with Gasteiger partial charge in [0.15, 0.2) is 0 Å². The number of nitrogens with two attached hydrogens (primary N) is 1. The van der Waals surface area contributed by atoms with E-state index in [0.29, 0.717) is 12.5 Å². The van der Waals surface area contributed by atoms with Gasteiger partial charge in [-0.15, -0.1) is 0 Å². The first-order valence-electron chi connectivity index (χ1n) is 12.8. The molecule has 3 nitrogen and oxygen atoms in total. The second kappa shape index (κ2) is 16.4. The zero-order valence-corrected chi connectivity index (χ0v) is 21.4. The fraction of sp³-hybridized carbons (Fsp3) is 0.786. The van der Waals surface area contributed by atoms with E-state index in [-0.39, 0.29) is 0 Å². The van der Waals surface area contributed by atoms with Crippen molar-refractivity contribution in [2.24, 2.45) is 29.4 Å². The van der Waals surface area contributed by atoms with Crippen LogP contribution in [0.1, 0.15) is 104 Å². The number of hydrogen-bond donors (Lipinski definition) is 1. The highest BCUT2D eigenvalue weighted by Crippen LogP contribution is 2.25. The Morgan fingerprint density at radius 1 is 0.742 bits per heavy atom. The number of rotatable bonds is 18. The first-order chi connectivity index (χ1) is 14.8. The molecule has 0 saturated heterocycles. The van der Waals surface area contributed by atoms with Crippen LogP contribution in [-0.4, -0.2) is 13.7 Å². The molecule has 0 fully saturated rings. The molecule has 0 aliphatic carbocycles. The molecule has 0 amide bonds. The zero-order chi connectivity index (χ0) is 23.1. The highest BCUT2D eigenvalue weighted by atomic mass is 16.5. The van der Waals surface area contributed by atoms with Gasteiger partial charge in [0.05, 0.1) is 13.7 Å². The standard InChI is InChI=1S/C28H51NO2/c1-22(2)10-7-11-23(3)12-8-13-24(4)14-9-15-25(5)18-19-31-27-17-16-26(21-29)28(20-27)30-6/h16-17,20,22-25H,7-15,18-19,21,29H2,1-6H3/t23-,24-,25?/m1/s1. The average molecular weight is 434 g/mol. The van der Waals surface area contributed by atoms with Gasteiger partial charge < -0.3 is 15.2 Å². The first-order valence-corrected chi connectivity index (χ1v) is 12.8. The van der Waals surface area contributed by atoms with Gasteiger partial charge in [0, 0.05) is 18.2 Å².